The zero-order valence-electron chi connectivity index (χ0n) is 9.80. The fraction of sp³-hybridized carbons (Fsp3) is 0.250. The van der Waals surface area contributed by atoms with E-state index in [4.69, 9.17) is 10.6 Å². The van der Waals surface area contributed by atoms with Crippen LogP contribution in [-0.2, 0) is 0 Å². The summed E-state index contributed by atoms with van der Waals surface area (Å²) in [5, 5.41) is 9.05. The van der Waals surface area contributed by atoms with Gasteiger partial charge in [-0.05, 0) is 12.1 Å². The molecule has 12 heavy (non-hydrogen) atoms. The molecule has 4 heteroatoms. The van der Waals surface area contributed by atoms with Crippen LogP contribution in [0.2, 0.25) is 0 Å². The molecule has 1 aromatic rings. The minimum absolute atomic E-state index is 0.296. The minimum atomic E-state index is -2.84. The molecule has 64 valence electrons. The van der Waals surface area contributed by atoms with Crippen molar-refractivity contribution >= 4 is 0 Å². The first kappa shape index (κ1) is 3.98. The SMILES string of the molecule is [2H]C1([2H])Oc2ccc(O)c(F)c2OC1([2H])[2H]. The van der Waals surface area contributed by atoms with Gasteiger partial charge in [-0.1, -0.05) is 0 Å². The van der Waals surface area contributed by atoms with Crippen LogP contribution in [0.5, 0.6) is 17.2 Å². The Kier molecular flexibility index (Phi) is 0.845. The van der Waals surface area contributed by atoms with Crippen molar-refractivity contribution in [2.24, 2.45) is 0 Å². The normalized spacial score (nSPS) is 27.8. The molecule has 0 amide bonds. The fourth-order valence-electron chi connectivity index (χ4n) is 0.851. The van der Waals surface area contributed by atoms with Crippen LogP contribution in [0.25, 0.3) is 0 Å². The fourth-order valence-corrected chi connectivity index (χ4v) is 0.851. The van der Waals surface area contributed by atoms with Crippen molar-refractivity contribution in [2.75, 3.05) is 13.1 Å². The van der Waals surface area contributed by atoms with E-state index in [0.29, 0.717) is 0 Å². The van der Waals surface area contributed by atoms with E-state index in [0.717, 1.165) is 12.1 Å². The molecule has 1 N–H and O–H groups in total. The highest BCUT2D eigenvalue weighted by atomic mass is 19.1. The van der Waals surface area contributed by atoms with Gasteiger partial charge in [-0.3, -0.25) is 0 Å². The number of hydrogen-bond donors (Lipinski definition) is 1. The molecule has 0 radical (unpaired) electrons. The van der Waals surface area contributed by atoms with E-state index < -0.39 is 30.4 Å². The van der Waals surface area contributed by atoms with E-state index in [2.05, 4.69) is 9.47 Å². The van der Waals surface area contributed by atoms with Crippen LogP contribution in [0.1, 0.15) is 5.48 Å². The summed E-state index contributed by atoms with van der Waals surface area (Å²) in [4.78, 5) is 0. The highest BCUT2D eigenvalue weighted by molar-refractivity contribution is 5.47. The lowest BCUT2D eigenvalue weighted by atomic mass is 10.2. The smallest absolute Gasteiger partial charge is 0.210 e. The van der Waals surface area contributed by atoms with Crippen LogP contribution >= 0.6 is 0 Å². The van der Waals surface area contributed by atoms with Crippen molar-refractivity contribution in [1.29, 1.82) is 0 Å². The van der Waals surface area contributed by atoms with Crippen LogP contribution in [-0.4, -0.2) is 18.2 Å². The Bertz CT molecular complexity index is 449. The van der Waals surface area contributed by atoms with Crippen molar-refractivity contribution in [1.82, 2.24) is 0 Å². The molecule has 1 aromatic carbocycles. The first-order chi connectivity index (χ1) is 7.24. The van der Waals surface area contributed by atoms with Crippen LogP contribution in [0.3, 0.4) is 0 Å². The number of fused-ring (bicyclic) bond motifs is 1. The van der Waals surface area contributed by atoms with Gasteiger partial charge in [-0.15, -0.1) is 0 Å². The molecular formula is C8H7FO3. The number of ether oxygens (including phenoxy) is 2. The van der Waals surface area contributed by atoms with Gasteiger partial charge in [0.2, 0.25) is 11.6 Å². The Morgan fingerprint density at radius 1 is 1.42 bits per heavy atom. The molecule has 0 unspecified atom stereocenters. The van der Waals surface area contributed by atoms with Gasteiger partial charge in [0, 0.05) is 0 Å². The summed E-state index contributed by atoms with van der Waals surface area (Å²) in [6, 6.07) is 2.06. The van der Waals surface area contributed by atoms with Gasteiger partial charge in [-0.25, -0.2) is 0 Å². The highest BCUT2D eigenvalue weighted by Gasteiger charge is 2.18. The van der Waals surface area contributed by atoms with Crippen molar-refractivity contribution in [2.45, 2.75) is 0 Å². The molecule has 0 spiro atoms. The third-order valence-electron chi connectivity index (χ3n) is 1.40. The van der Waals surface area contributed by atoms with Gasteiger partial charge in [0.25, 0.3) is 0 Å². The van der Waals surface area contributed by atoms with Gasteiger partial charge in [-0.2, -0.15) is 4.39 Å². The Hall–Kier alpha value is -1.45. The molecule has 0 saturated carbocycles. The Balaban J connectivity index is 2.56. The molecule has 0 bridgehead atoms. The first-order valence-corrected chi connectivity index (χ1v) is 3.14. The number of halogens is 1. The number of phenolic OH excluding ortho intramolecular Hbond substituents is 1. The van der Waals surface area contributed by atoms with Crippen molar-refractivity contribution in [3.05, 3.63) is 17.9 Å². The van der Waals surface area contributed by atoms with E-state index in [1.807, 2.05) is 0 Å². The standard InChI is InChI=1S/C8H7FO3/c9-7-5(10)1-2-6-8(7)12-4-3-11-6/h1-2,10H,3-4H2/i3D2,4D2. The monoisotopic (exact) mass is 174 g/mol. The molecule has 1 aliphatic rings. The second-order valence-electron chi connectivity index (χ2n) is 2.13. The van der Waals surface area contributed by atoms with Crippen molar-refractivity contribution in [3.8, 4) is 17.2 Å². The average Bonchev–Trinajstić information content (AvgIpc) is 2.15. The number of hydrogen-bond acceptors (Lipinski definition) is 3. The van der Waals surface area contributed by atoms with Gasteiger partial charge < -0.3 is 14.6 Å². The molecule has 0 aliphatic carbocycles. The van der Waals surface area contributed by atoms with Crippen LogP contribution in [0.4, 0.5) is 4.39 Å². The van der Waals surface area contributed by atoms with Gasteiger partial charge >= 0.3 is 0 Å². The Morgan fingerprint density at radius 3 is 3.00 bits per heavy atom. The third kappa shape index (κ3) is 0.958. The van der Waals surface area contributed by atoms with Crippen LogP contribution in [0, 0.1) is 5.82 Å². The predicted octanol–water partition coefficient (Wildman–Crippen LogP) is 1.30. The lowest BCUT2D eigenvalue weighted by molar-refractivity contribution is 0.162. The Labute approximate surface area is 74.0 Å². The molecule has 0 aromatic heterocycles. The second-order valence-corrected chi connectivity index (χ2v) is 2.13. The summed E-state index contributed by atoms with van der Waals surface area (Å²) in [5.41, 5.74) is 0. The zero-order valence-corrected chi connectivity index (χ0v) is 5.80. The Morgan fingerprint density at radius 2 is 2.17 bits per heavy atom. The maximum Gasteiger partial charge on any atom is 0.210 e. The highest BCUT2D eigenvalue weighted by Crippen LogP contribution is 2.36. The zero-order chi connectivity index (χ0) is 12.1. The minimum Gasteiger partial charge on any atom is -0.505 e. The van der Waals surface area contributed by atoms with E-state index in [9.17, 15) is 4.39 Å². The van der Waals surface area contributed by atoms with Crippen molar-refractivity contribution < 1.29 is 24.5 Å². The third-order valence-corrected chi connectivity index (χ3v) is 1.40. The number of rotatable bonds is 0. The van der Waals surface area contributed by atoms with E-state index in [-0.39, 0.29) is 5.75 Å². The quantitative estimate of drug-likeness (QED) is 0.644. The van der Waals surface area contributed by atoms with Crippen LogP contribution in [0.15, 0.2) is 12.1 Å². The predicted molar refractivity (Wildman–Crippen MR) is 39.1 cm³/mol. The summed E-state index contributed by atoms with van der Waals surface area (Å²) >= 11 is 0. The topological polar surface area (TPSA) is 38.7 Å². The molecule has 0 atom stereocenters. The molecule has 0 saturated heterocycles. The lowest BCUT2D eigenvalue weighted by Gasteiger charge is -2.18. The van der Waals surface area contributed by atoms with Gasteiger partial charge in [0.1, 0.15) is 13.1 Å². The summed E-state index contributed by atoms with van der Waals surface area (Å²) in [6.07, 6.45) is 0. The molecule has 2 rings (SSSR count). The lowest BCUT2D eigenvalue weighted by Crippen LogP contribution is -2.16. The van der Waals surface area contributed by atoms with E-state index in [1.54, 1.807) is 0 Å². The summed E-state index contributed by atoms with van der Waals surface area (Å²) in [6.45, 7) is -5.57. The van der Waals surface area contributed by atoms with Crippen LogP contribution < -0.4 is 9.47 Å². The number of aromatic hydroxyl groups is 1. The van der Waals surface area contributed by atoms with Gasteiger partial charge in [0.15, 0.2) is 11.5 Å². The number of benzene rings is 1. The average molecular weight is 174 g/mol. The van der Waals surface area contributed by atoms with Crippen molar-refractivity contribution in [3.63, 3.8) is 0 Å². The van der Waals surface area contributed by atoms with Gasteiger partial charge in [0.05, 0.1) is 5.48 Å². The second kappa shape index (κ2) is 2.55. The maximum absolute atomic E-state index is 13.3. The summed E-state index contributed by atoms with van der Waals surface area (Å²) in [5.74, 6) is -2.84. The molecule has 1 aliphatic heterocycles. The number of phenols is 1. The molecule has 3 nitrogen and oxygen atoms in total. The summed E-state index contributed by atoms with van der Waals surface area (Å²) < 4.78 is 51.5. The van der Waals surface area contributed by atoms with E-state index in [1.165, 1.54) is 0 Å². The summed E-state index contributed by atoms with van der Waals surface area (Å²) in [7, 11) is 0. The largest absolute Gasteiger partial charge is 0.505 e. The maximum atomic E-state index is 13.3. The molecular weight excluding hydrogens is 163 g/mol. The molecule has 0 fully saturated rings. The first-order valence-electron chi connectivity index (χ1n) is 5.14. The van der Waals surface area contributed by atoms with E-state index >= 15 is 0 Å². The molecule has 1 heterocycles.